The summed E-state index contributed by atoms with van der Waals surface area (Å²) in [5.41, 5.74) is 2.59. The molecule has 0 spiro atoms. The lowest BCUT2D eigenvalue weighted by atomic mass is 9.93. The fourth-order valence-corrected chi connectivity index (χ4v) is 2.83. The van der Waals surface area contributed by atoms with Gasteiger partial charge in [-0.15, -0.1) is 12.4 Å². The van der Waals surface area contributed by atoms with Gasteiger partial charge >= 0.3 is 5.97 Å². The molecule has 0 unspecified atom stereocenters. The largest absolute Gasteiger partial charge is 0.469 e. The van der Waals surface area contributed by atoms with Crippen molar-refractivity contribution in [3.05, 3.63) is 29.8 Å². The molecule has 1 aliphatic rings. The highest BCUT2D eigenvalue weighted by atomic mass is 35.5. The normalized spacial score (nSPS) is 16.0. The van der Waals surface area contributed by atoms with Gasteiger partial charge in [-0.05, 0) is 49.5 Å². The number of carbonyl (C=O) groups excluding carboxylic acids is 1. The third-order valence-electron chi connectivity index (χ3n) is 4.25. The van der Waals surface area contributed by atoms with Crippen molar-refractivity contribution in [1.29, 1.82) is 0 Å². The van der Waals surface area contributed by atoms with Crippen molar-refractivity contribution < 1.29 is 9.53 Å². The Kier molecular flexibility index (Phi) is 7.69. The lowest BCUT2D eigenvalue weighted by molar-refractivity contribution is -0.142. The Balaban J connectivity index is 0.00000242. The van der Waals surface area contributed by atoms with Crippen molar-refractivity contribution in [3.8, 4) is 0 Å². The van der Waals surface area contributed by atoms with Crippen molar-refractivity contribution in [1.82, 2.24) is 4.90 Å². The topological polar surface area (TPSA) is 32.8 Å². The summed E-state index contributed by atoms with van der Waals surface area (Å²) < 4.78 is 4.75. The van der Waals surface area contributed by atoms with Crippen molar-refractivity contribution in [2.45, 2.75) is 25.8 Å². The quantitative estimate of drug-likeness (QED) is 0.779. The molecule has 2 rings (SSSR count). The van der Waals surface area contributed by atoms with Crippen LogP contribution in [0.2, 0.25) is 0 Å². The van der Waals surface area contributed by atoms with Crippen molar-refractivity contribution in [2.75, 3.05) is 39.2 Å². The molecule has 0 aromatic heterocycles. The molecule has 4 nitrogen and oxygen atoms in total. The molecule has 1 aromatic carbocycles. The molecular weight excluding hydrogens is 300 g/mol. The number of methoxy groups -OCH3 is 1. The van der Waals surface area contributed by atoms with Gasteiger partial charge in [0.1, 0.15) is 0 Å². The van der Waals surface area contributed by atoms with Crippen LogP contribution in [0.1, 0.15) is 24.8 Å². The van der Waals surface area contributed by atoms with Crippen LogP contribution >= 0.6 is 12.4 Å². The van der Waals surface area contributed by atoms with E-state index in [2.05, 4.69) is 48.2 Å². The first-order chi connectivity index (χ1) is 10.1. The molecule has 1 aromatic rings. The zero-order chi connectivity index (χ0) is 15.2. The van der Waals surface area contributed by atoms with Gasteiger partial charge in [0, 0.05) is 32.7 Å². The van der Waals surface area contributed by atoms with E-state index in [4.69, 9.17) is 4.74 Å². The van der Waals surface area contributed by atoms with E-state index in [1.807, 2.05) is 0 Å². The van der Waals surface area contributed by atoms with Crippen LogP contribution in [-0.4, -0.2) is 45.2 Å². The van der Waals surface area contributed by atoms with Gasteiger partial charge in [0.2, 0.25) is 0 Å². The third kappa shape index (κ3) is 5.50. The number of hydrogen-bond donors (Lipinski definition) is 0. The first-order valence-corrected chi connectivity index (χ1v) is 7.64. The van der Waals surface area contributed by atoms with E-state index in [-0.39, 0.29) is 18.4 Å². The Bertz CT molecular complexity index is 454. The Hall–Kier alpha value is -1.26. The van der Waals surface area contributed by atoms with Crippen LogP contribution in [0, 0.1) is 5.92 Å². The van der Waals surface area contributed by atoms with Crippen LogP contribution in [0.5, 0.6) is 0 Å². The molecule has 0 amide bonds. The molecule has 22 heavy (non-hydrogen) atoms. The summed E-state index contributed by atoms with van der Waals surface area (Å²) in [5, 5.41) is 0. The molecule has 1 heterocycles. The summed E-state index contributed by atoms with van der Waals surface area (Å²) in [7, 11) is 5.58. The van der Waals surface area contributed by atoms with E-state index in [1.165, 1.54) is 18.4 Å². The summed E-state index contributed by atoms with van der Waals surface area (Å²) >= 11 is 0. The van der Waals surface area contributed by atoms with Gasteiger partial charge in [-0.3, -0.25) is 9.69 Å². The number of rotatable bonds is 5. The predicted octanol–water partition coefficient (Wildman–Crippen LogP) is 2.95. The molecular formula is C17H27ClN2O2. The first kappa shape index (κ1) is 18.8. The second-order valence-corrected chi connectivity index (χ2v) is 6.06. The minimum atomic E-state index is -0.0762. The predicted molar refractivity (Wildman–Crippen MR) is 92.7 cm³/mol. The van der Waals surface area contributed by atoms with Gasteiger partial charge in [0.15, 0.2) is 0 Å². The number of hydrogen-bond acceptors (Lipinski definition) is 4. The third-order valence-corrected chi connectivity index (χ3v) is 4.25. The van der Waals surface area contributed by atoms with E-state index >= 15 is 0 Å². The van der Waals surface area contributed by atoms with Crippen LogP contribution < -0.4 is 4.90 Å². The standard InChI is InChI=1S/C17H26N2O2.ClH/c1-18(2)16-6-4-15(5-7-16)13-19-10-8-14(9-11-19)12-17(20)21-3;/h4-7,14H,8-13H2,1-3H3;1H. The number of halogens is 1. The fraction of sp³-hybridized carbons (Fsp3) is 0.588. The summed E-state index contributed by atoms with van der Waals surface area (Å²) in [6, 6.07) is 8.74. The van der Waals surface area contributed by atoms with Crippen molar-refractivity contribution in [3.63, 3.8) is 0 Å². The second-order valence-electron chi connectivity index (χ2n) is 6.06. The molecule has 1 saturated heterocycles. The van der Waals surface area contributed by atoms with Crippen LogP contribution in [0.25, 0.3) is 0 Å². The zero-order valence-electron chi connectivity index (χ0n) is 13.7. The highest BCUT2D eigenvalue weighted by molar-refractivity contribution is 5.85. The highest BCUT2D eigenvalue weighted by Gasteiger charge is 2.21. The van der Waals surface area contributed by atoms with Crippen molar-refractivity contribution in [2.24, 2.45) is 5.92 Å². The van der Waals surface area contributed by atoms with E-state index in [0.717, 1.165) is 32.5 Å². The van der Waals surface area contributed by atoms with Gasteiger partial charge in [-0.1, -0.05) is 12.1 Å². The molecule has 124 valence electrons. The van der Waals surface area contributed by atoms with Gasteiger partial charge in [0.25, 0.3) is 0 Å². The Morgan fingerprint density at radius 3 is 2.32 bits per heavy atom. The number of esters is 1. The lowest BCUT2D eigenvalue weighted by Crippen LogP contribution is -2.34. The van der Waals surface area contributed by atoms with E-state index in [9.17, 15) is 4.79 Å². The molecule has 0 N–H and O–H groups in total. The number of ether oxygens (including phenoxy) is 1. The Labute approximate surface area is 139 Å². The molecule has 0 atom stereocenters. The Morgan fingerprint density at radius 1 is 1.23 bits per heavy atom. The number of piperidine rings is 1. The fourth-order valence-electron chi connectivity index (χ4n) is 2.83. The number of nitrogens with zero attached hydrogens (tertiary/aromatic N) is 2. The first-order valence-electron chi connectivity index (χ1n) is 7.64. The van der Waals surface area contributed by atoms with Gasteiger partial charge in [0.05, 0.1) is 7.11 Å². The summed E-state index contributed by atoms with van der Waals surface area (Å²) in [5.74, 6) is 0.414. The number of carbonyl (C=O) groups is 1. The van der Waals surface area contributed by atoms with Crippen LogP contribution in [0.15, 0.2) is 24.3 Å². The molecule has 1 aliphatic heterocycles. The smallest absolute Gasteiger partial charge is 0.305 e. The average molecular weight is 327 g/mol. The van der Waals surface area contributed by atoms with E-state index in [0.29, 0.717) is 12.3 Å². The summed E-state index contributed by atoms with van der Waals surface area (Å²) in [4.78, 5) is 15.9. The Morgan fingerprint density at radius 2 is 1.82 bits per heavy atom. The number of anilines is 1. The second kappa shape index (κ2) is 9.01. The molecule has 0 aliphatic carbocycles. The lowest BCUT2D eigenvalue weighted by Gasteiger charge is -2.31. The van der Waals surface area contributed by atoms with Crippen molar-refractivity contribution >= 4 is 24.1 Å². The maximum Gasteiger partial charge on any atom is 0.305 e. The van der Waals surface area contributed by atoms with Crippen LogP contribution in [-0.2, 0) is 16.1 Å². The van der Waals surface area contributed by atoms with E-state index in [1.54, 1.807) is 0 Å². The average Bonchev–Trinajstić information content (AvgIpc) is 2.49. The monoisotopic (exact) mass is 326 g/mol. The maximum atomic E-state index is 11.3. The highest BCUT2D eigenvalue weighted by Crippen LogP contribution is 2.22. The molecule has 0 saturated carbocycles. The number of likely N-dealkylation sites (tertiary alicyclic amines) is 1. The molecule has 0 bridgehead atoms. The summed E-state index contributed by atoms with van der Waals surface area (Å²) in [6.45, 7) is 3.13. The minimum Gasteiger partial charge on any atom is -0.469 e. The van der Waals surface area contributed by atoms with Crippen LogP contribution in [0.3, 0.4) is 0 Å². The van der Waals surface area contributed by atoms with E-state index < -0.39 is 0 Å². The molecule has 5 heteroatoms. The zero-order valence-corrected chi connectivity index (χ0v) is 14.6. The number of benzene rings is 1. The maximum absolute atomic E-state index is 11.3. The van der Waals surface area contributed by atoms with Gasteiger partial charge in [-0.2, -0.15) is 0 Å². The minimum absolute atomic E-state index is 0. The van der Waals surface area contributed by atoms with Gasteiger partial charge in [-0.25, -0.2) is 0 Å². The SMILES string of the molecule is COC(=O)CC1CCN(Cc2ccc(N(C)C)cc2)CC1.Cl. The summed E-state index contributed by atoms with van der Waals surface area (Å²) in [6.07, 6.45) is 2.75. The van der Waals surface area contributed by atoms with Gasteiger partial charge < -0.3 is 9.64 Å². The van der Waals surface area contributed by atoms with Crippen LogP contribution in [0.4, 0.5) is 5.69 Å². The molecule has 1 fully saturated rings. The molecule has 0 radical (unpaired) electrons.